The second-order valence-corrected chi connectivity index (χ2v) is 16.5. The Balaban J connectivity index is 0.820. The maximum atomic E-state index is 14.7. The zero-order valence-electron chi connectivity index (χ0n) is 33.2. The summed E-state index contributed by atoms with van der Waals surface area (Å²) in [5.74, 6) is 0.406. The highest BCUT2D eigenvalue weighted by Gasteiger charge is 2.47. The number of piperidine rings is 4. The van der Waals surface area contributed by atoms with Gasteiger partial charge in [-0.2, -0.15) is 15.3 Å². The number of likely N-dealkylation sites (tertiary alicyclic amines) is 1. The normalized spacial score (nSPS) is 21.1. The van der Waals surface area contributed by atoms with Crippen molar-refractivity contribution in [3.63, 3.8) is 0 Å². The summed E-state index contributed by atoms with van der Waals surface area (Å²) in [5, 5.41) is 26.2. The number of aryl methyl sites for hydroxylation is 1. The number of aromatic nitrogens is 4. The molecule has 0 bridgehead atoms. The lowest BCUT2D eigenvalue weighted by Crippen LogP contribution is -2.59. The van der Waals surface area contributed by atoms with E-state index in [0.717, 1.165) is 62.5 Å². The lowest BCUT2D eigenvalue weighted by Gasteiger charge is -2.46. The number of likely N-dealkylation sites (N-methyl/N-ethyl adjacent to an activating group) is 1. The predicted octanol–water partition coefficient (Wildman–Crippen LogP) is 5.10. The van der Waals surface area contributed by atoms with Gasteiger partial charge < -0.3 is 24.7 Å². The van der Waals surface area contributed by atoms with E-state index in [-0.39, 0.29) is 35.4 Å². The Morgan fingerprint density at radius 3 is 2.30 bits per heavy atom. The number of imide groups is 1. The van der Waals surface area contributed by atoms with Crippen molar-refractivity contribution >= 4 is 29.1 Å². The number of anilines is 2. The van der Waals surface area contributed by atoms with E-state index in [0.29, 0.717) is 55.9 Å². The Bertz CT molecular complexity index is 2040. The summed E-state index contributed by atoms with van der Waals surface area (Å²) in [5.41, 5.74) is 4.58. The van der Waals surface area contributed by atoms with Crippen molar-refractivity contribution in [2.24, 2.45) is 5.92 Å². The lowest BCUT2D eigenvalue weighted by atomic mass is 9.84. The molecule has 1 atom stereocenters. The number of hydrogen-bond donors (Lipinski definition) is 2. The first-order chi connectivity index (χ1) is 27.7. The topological polar surface area (TPSA) is 140 Å². The average Bonchev–Trinajstić information content (AvgIpc) is 3.69. The van der Waals surface area contributed by atoms with Crippen LogP contribution in [0.25, 0.3) is 11.3 Å². The first-order valence-electron chi connectivity index (χ1n) is 20.7. The molecule has 0 radical (unpaired) electrons. The van der Waals surface area contributed by atoms with Gasteiger partial charge in [0.1, 0.15) is 11.3 Å². The second-order valence-electron chi connectivity index (χ2n) is 16.5. The third kappa shape index (κ3) is 8.12. The SMILES string of the molecule is Cc1ccnn1C1(C(=O)N(C)C2CCN(CCC3CCN(c4ccc([C@@H]5CCC(=O)NC5=O)cc4)CC3)CC2)CCN(c2cnnc(-c3ccccc3O)c2)CC1. The highest BCUT2D eigenvalue weighted by atomic mass is 16.3. The molecule has 4 saturated heterocycles. The molecule has 4 aliphatic rings. The molecule has 300 valence electrons. The third-order valence-corrected chi connectivity index (χ3v) is 13.2. The molecule has 3 amide bonds. The predicted molar refractivity (Wildman–Crippen MR) is 219 cm³/mol. The van der Waals surface area contributed by atoms with Gasteiger partial charge in [0.2, 0.25) is 11.8 Å². The molecule has 0 unspecified atom stereocenters. The van der Waals surface area contributed by atoms with Crippen LogP contribution >= 0.6 is 0 Å². The highest BCUT2D eigenvalue weighted by molar-refractivity contribution is 6.01. The molecule has 2 aromatic heterocycles. The fourth-order valence-corrected chi connectivity index (χ4v) is 9.62. The summed E-state index contributed by atoms with van der Waals surface area (Å²) in [4.78, 5) is 47.9. The molecule has 4 aliphatic heterocycles. The van der Waals surface area contributed by atoms with E-state index in [4.69, 9.17) is 5.10 Å². The number of phenols is 1. The van der Waals surface area contributed by atoms with Gasteiger partial charge in [-0.05, 0) is 113 Å². The number of nitrogens with one attached hydrogen (secondary N) is 1. The number of benzene rings is 2. The van der Waals surface area contributed by atoms with Crippen molar-refractivity contribution in [2.45, 2.75) is 82.2 Å². The average molecular weight is 774 g/mol. The molecular weight excluding hydrogens is 719 g/mol. The number of carbonyl (C=O) groups is 3. The van der Waals surface area contributed by atoms with Crippen molar-refractivity contribution < 1.29 is 19.5 Å². The largest absolute Gasteiger partial charge is 0.507 e. The summed E-state index contributed by atoms with van der Waals surface area (Å²) in [6.45, 7) is 8.52. The third-order valence-electron chi connectivity index (χ3n) is 13.2. The fraction of sp³-hybridized carbons (Fsp3) is 0.500. The van der Waals surface area contributed by atoms with Crippen molar-refractivity contribution in [2.75, 3.05) is 62.7 Å². The van der Waals surface area contributed by atoms with E-state index in [9.17, 15) is 19.5 Å². The maximum Gasteiger partial charge on any atom is 0.250 e. The first kappa shape index (κ1) is 38.6. The minimum absolute atomic E-state index is 0.146. The summed E-state index contributed by atoms with van der Waals surface area (Å²) >= 11 is 0. The number of phenolic OH excluding ortho intramolecular Hbond substituents is 1. The maximum absolute atomic E-state index is 14.7. The molecular formula is C44H55N9O4. The van der Waals surface area contributed by atoms with Crippen LogP contribution in [0.2, 0.25) is 0 Å². The van der Waals surface area contributed by atoms with Gasteiger partial charge in [-0.3, -0.25) is 24.4 Å². The van der Waals surface area contributed by atoms with Gasteiger partial charge in [0.05, 0.1) is 23.5 Å². The molecule has 0 saturated carbocycles. The summed E-state index contributed by atoms with van der Waals surface area (Å²) in [6, 6.07) is 19.6. The zero-order valence-corrected chi connectivity index (χ0v) is 33.2. The van der Waals surface area contributed by atoms with Crippen LogP contribution in [-0.2, 0) is 19.9 Å². The quantitative estimate of drug-likeness (QED) is 0.209. The van der Waals surface area contributed by atoms with Crippen LogP contribution in [0.5, 0.6) is 5.75 Å². The van der Waals surface area contributed by atoms with Crippen molar-refractivity contribution in [1.29, 1.82) is 0 Å². The van der Waals surface area contributed by atoms with Gasteiger partial charge in [-0.1, -0.05) is 24.3 Å². The minimum atomic E-state index is -0.762. The number of nitrogens with zero attached hydrogens (tertiary/aromatic N) is 8. The molecule has 8 rings (SSSR count). The Morgan fingerprint density at radius 1 is 0.895 bits per heavy atom. The van der Waals surface area contributed by atoms with E-state index in [1.807, 2.05) is 47.8 Å². The summed E-state index contributed by atoms with van der Waals surface area (Å²) in [7, 11) is 2.00. The Hall–Kier alpha value is -5.30. The molecule has 4 fully saturated rings. The molecule has 6 heterocycles. The molecule has 2 aromatic carbocycles. The number of hydrogen-bond acceptors (Lipinski definition) is 10. The second kappa shape index (κ2) is 16.7. The molecule has 57 heavy (non-hydrogen) atoms. The number of para-hydroxylation sites is 1. The van der Waals surface area contributed by atoms with Crippen LogP contribution in [0.3, 0.4) is 0 Å². The van der Waals surface area contributed by atoms with E-state index in [1.54, 1.807) is 24.5 Å². The Labute approximate surface area is 335 Å². The number of carbonyl (C=O) groups excluding carboxylic acids is 3. The molecule has 0 spiro atoms. The van der Waals surface area contributed by atoms with E-state index in [2.05, 4.69) is 54.5 Å². The smallest absolute Gasteiger partial charge is 0.250 e. The van der Waals surface area contributed by atoms with Gasteiger partial charge in [0, 0.05) is 81.9 Å². The standard InChI is InChI=1S/C44H55N9O4/c1-31-13-21-46-53(31)44(19-27-52(28-20-44)36-29-39(48-45-30-36)38-5-3-4-6-40(38)54)43(57)49(2)34-17-23-50(24-18-34)22-14-32-15-25-51(26-16-32)35-9-7-33(8-10-35)37-11-12-41(55)47-42(37)56/h3-10,13,21,29-30,32,34,37,54H,11-12,14-20,22-28H2,1-2H3,(H,47,55,56)/t37-/m0/s1. The van der Waals surface area contributed by atoms with Crippen molar-refractivity contribution in [1.82, 2.24) is 35.1 Å². The molecule has 13 nitrogen and oxygen atoms in total. The summed E-state index contributed by atoms with van der Waals surface area (Å²) < 4.78 is 1.97. The highest BCUT2D eigenvalue weighted by Crippen LogP contribution is 2.37. The minimum Gasteiger partial charge on any atom is -0.507 e. The fourth-order valence-electron chi connectivity index (χ4n) is 9.62. The van der Waals surface area contributed by atoms with Crippen LogP contribution in [-0.4, -0.2) is 112 Å². The summed E-state index contributed by atoms with van der Waals surface area (Å²) in [6.07, 6.45) is 11.2. The van der Waals surface area contributed by atoms with Crippen molar-refractivity contribution in [3.05, 3.63) is 84.3 Å². The number of amides is 3. The van der Waals surface area contributed by atoms with Gasteiger partial charge in [0.25, 0.3) is 5.91 Å². The molecule has 2 N–H and O–H groups in total. The van der Waals surface area contributed by atoms with E-state index >= 15 is 0 Å². The zero-order chi connectivity index (χ0) is 39.5. The Kier molecular flexibility index (Phi) is 11.3. The number of rotatable bonds is 10. The van der Waals surface area contributed by atoms with Crippen LogP contribution in [0.15, 0.2) is 73.1 Å². The van der Waals surface area contributed by atoms with Crippen LogP contribution in [0, 0.1) is 12.8 Å². The molecule has 0 aliphatic carbocycles. The molecule has 4 aromatic rings. The monoisotopic (exact) mass is 773 g/mol. The van der Waals surface area contributed by atoms with Gasteiger partial charge in [0.15, 0.2) is 0 Å². The lowest BCUT2D eigenvalue weighted by molar-refractivity contribution is -0.144. The van der Waals surface area contributed by atoms with E-state index in [1.165, 1.54) is 24.9 Å². The number of aromatic hydroxyl groups is 1. The van der Waals surface area contributed by atoms with Crippen molar-refractivity contribution in [3.8, 4) is 17.0 Å². The Morgan fingerprint density at radius 2 is 1.61 bits per heavy atom. The van der Waals surface area contributed by atoms with E-state index < -0.39 is 5.54 Å². The van der Waals surface area contributed by atoms with Crippen LogP contribution < -0.4 is 15.1 Å². The first-order valence-corrected chi connectivity index (χ1v) is 20.7. The van der Waals surface area contributed by atoms with Gasteiger partial charge >= 0.3 is 0 Å². The van der Waals surface area contributed by atoms with Gasteiger partial charge in [-0.25, -0.2) is 0 Å². The van der Waals surface area contributed by atoms with Crippen LogP contribution in [0.1, 0.15) is 75.0 Å². The molecule has 13 heteroatoms. The van der Waals surface area contributed by atoms with Crippen LogP contribution in [0.4, 0.5) is 11.4 Å². The van der Waals surface area contributed by atoms with Gasteiger partial charge in [-0.15, -0.1) is 0 Å².